The summed E-state index contributed by atoms with van der Waals surface area (Å²) in [7, 11) is 0. The number of fused-ring (bicyclic) bond motifs is 2. The van der Waals surface area contributed by atoms with E-state index in [4.69, 9.17) is 4.98 Å². The van der Waals surface area contributed by atoms with Crippen molar-refractivity contribution in [3.8, 4) is 0 Å². The van der Waals surface area contributed by atoms with Crippen molar-refractivity contribution in [3.05, 3.63) is 52.7 Å². The molecule has 4 heterocycles. The van der Waals surface area contributed by atoms with Gasteiger partial charge in [-0.15, -0.1) is 11.3 Å². The van der Waals surface area contributed by atoms with Gasteiger partial charge in [0.1, 0.15) is 10.6 Å². The van der Waals surface area contributed by atoms with Gasteiger partial charge in [0, 0.05) is 49.5 Å². The van der Waals surface area contributed by atoms with Crippen LogP contribution in [0.3, 0.4) is 0 Å². The molecule has 1 aliphatic carbocycles. The average molecular weight is 394 g/mol. The molecule has 0 spiro atoms. The van der Waals surface area contributed by atoms with Crippen LogP contribution in [0.1, 0.15) is 27.3 Å². The minimum absolute atomic E-state index is 0.00171. The van der Waals surface area contributed by atoms with Crippen molar-refractivity contribution in [2.24, 2.45) is 0 Å². The zero-order valence-electron chi connectivity index (χ0n) is 15.6. The van der Waals surface area contributed by atoms with Gasteiger partial charge in [0.05, 0.1) is 4.88 Å². The Bertz CT molecular complexity index is 978. The number of carbonyl (C=O) groups is 1. The van der Waals surface area contributed by atoms with E-state index < -0.39 is 0 Å². The third-order valence-corrected chi connectivity index (χ3v) is 6.60. The number of thiophene rings is 1. The summed E-state index contributed by atoms with van der Waals surface area (Å²) in [6.45, 7) is 4.04. The van der Waals surface area contributed by atoms with Crippen LogP contribution in [0.15, 0.2) is 36.5 Å². The van der Waals surface area contributed by atoms with Crippen LogP contribution in [0, 0.1) is 0 Å². The second kappa shape index (κ2) is 7.48. The van der Waals surface area contributed by atoms with Gasteiger partial charge < -0.3 is 15.5 Å². The number of hydrogen-bond donors (Lipinski definition) is 2. The highest BCUT2D eigenvalue weighted by atomic mass is 32.1. The first-order chi connectivity index (χ1) is 13.8. The van der Waals surface area contributed by atoms with Crippen LogP contribution in [0.25, 0.3) is 10.2 Å². The number of hydrogen-bond acceptors (Lipinski definition) is 6. The van der Waals surface area contributed by atoms with Gasteiger partial charge in [-0.1, -0.05) is 12.1 Å². The highest BCUT2D eigenvalue weighted by molar-refractivity contribution is 7.20. The largest absolute Gasteiger partial charge is 0.354 e. The zero-order valence-corrected chi connectivity index (χ0v) is 16.5. The fraction of sp³-hybridized carbons (Fsp3) is 0.381. The first-order valence-electron chi connectivity index (χ1n) is 9.86. The molecule has 0 unspecified atom stereocenters. The maximum atomic E-state index is 12.7. The minimum atomic E-state index is 0.00171. The topological polar surface area (TPSA) is 70.2 Å². The van der Waals surface area contributed by atoms with Gasteiger partial charge in [0.15, 0.2) is 0 Å². The van der Waals surface area contributed by atoms with Crippen molar-refractivity contribution in [1.29, 1.82) is 0 Å². The smallest absolute Gasteiger partial charge is 0.261 e. The standard InChI is InChI=1S/C21H23N5OS/c27-20(18-13-15-2-1-7-23-21(15)28-18)24-16-4-5-17-14(12-16)3-6-19(25-17)26-10-8-22-9-11-26/h1-3,6-7,13,16,22H,4-5,8-12H2,(H,24,27)/t16-/m0/s1. The molecule has 2 aliphatic rings. The van der Waals surface area contributed by atoms with E-state index in [1.807, 2.05) is 18.2 Å². The first-order valence-corrected chi connectivity index (χ1v) is 10.7. The normalized spacial score (nSPS) is 19.4. The third-order valence-electron chi connectivity index (χ3n) is 5.54. The summed E-state index contributed by atoms with van der Waals surface area (Å²) in [6, 6.07) is 10.3. The molecule has 7 heteroatoms. The van der Waals surface area contributed by atoms with Crippen LogP contribution in [-0.4, -0.2) is 48.1 Å². The monoisotopic (exact) mass is 393 g/mol. The summed E-state index contributed by atoms with van der Waals surface area (Å²) < 4.78 is 0. The fourth-order valence-corrected chi connectivity index (χ4v) is 4.94. The van der Waals surface area contributed by atoms with Crippen molar-refractivity contribution >= 4 is 33.3 Å². The lowest BCUT2D eigenvalue weighted by Crippen LogP contribution is -2.44. The second-order valence-electron chi connectivity index (χ2n) is 7.43. The molecule has 0 saturated carbocycles. The predicted molar refractivity (Wildman–Crippen MR) is 112 cm³/mol. The molecule has 1 fully saturated rings. The van der Waals surface area contributed by atoms with E-state index in [1.54, 1.807) is 6.20 Å². The van der Waals surface area contributed by atoms with Crippen LogP contribution in [0.4, 0.5) is 5.82 Å². The van der Waals surface area contributed by atoms with Gasteiger partial charge in [0.2, 0.25) is 0 Å². The van der Waals surface area contributed by atoms with Crippen LogP contribution >= 0.6 is 11.3 Å². The molecule has 5 rings (SSSR count). The third kappa shape index (κ3) is 3.47. The number of nitrogens with zero attached hydrogens (tertiary/aromatic N) is 3. The summed E-state index contributed by atoms with van der Waals surface area (Å²) in [5.41, 5.74) is 2.45. The Morgan fingerprint density at radius 3 is 3.00 bits per heavy atom. The van der Waals surface area contributed by atoms with Crippen molar-refractivity contribution < 1.29 is 4.79 Å². The predicted octanol–water partition coefficient (Wildman–Crippen LogP) is 2.39. The van der Waals surface area contributed by atoms with Gasteiger partial charge in [-0.3, -0.25) is 4.79 Å². The van der Waals surface area contributed by atoms with Crippen molar-refractivity contribution in [2.75, 3.05) is 31.1 Å². The number of rotatable bonds is 3. The van der Waals surface area contributed by atoms with Gasteiger partial charge in [-0.2, -0.15) is 0 Å². The van der Waals surface area contributed by atoms with Gasteiger partial charge in [0.25, 0.3) is 5.91 Å². The SMILES string of the molecule is O=C(N[C@H]1CCc2nc(N3CCNCC3)ccc2C1)c1cc2cccnc2s1. The molecule has 3 aromatic rings. The summed E-state index contributed by atoms with van der Waals surface area (Å²) in [5.74, 6) is 1.09. The van der Waals surface area contributed by atoms with E-state index in [0.717, 1.165) is 66.4 Å². The molecule has 0 bridgehead atoms. The maximum Gasteiger partial charge on any atom is 0.261 e. The Kier molecular flexibility index (Phi) is 4.70. The van der Waals surface area contributed by atoms with E-state index in [0.29, 0.717) is 0 Å². The number of anilines is 1. The summed E-state index contributed by atoms with van der Waals surface area (Å²) in [5, 5.41) is 7.62. The molecule has 0 aromatic carbocycles. The second-order valence-corrected chi connectivity index (χ2v) is 8.46. The Labute approximate surface area is 168 Å². The number of aromatic nitrogens is 2. The van der Waals surface area contributed by atoms with E-state index in [-0.39, 0.29) is 11.9 Å². The molecule has 1 aliphatic heterocycles. The van der Waals surface area contributed by atoms with Gasteiger partial charge in [-0.05, 0) is 43.0 Å². The molecular weight excluding hydrogens is 370 g/mol. The molecular formula is C21H23N5OS. The van der Waals surface area contributed by atoms with Gasteiger partial charge in [-0.25, -0.2) is 9.97 Å². The quantitative estimate of drug-likeness (QED) is 0.715. The summed E-state index contributed by atoms with van der Waals surface area (Å²) in [4.78, 5) is 25.9. The Morgan fingerprint density at radius 2 is 2.14 bits per heavy atom. The fourth-order valence-electron chi connectivity index (χ4n) is 4.03. The highest BCUT2D eigenvalue weighted by Crippen LogP contribution is 2.26. The number of nitrogens with one attached hydrogen (secondary N) is 2. The van der Waals surface area contributed by atoms with Crippen LogP contribution in [-0.2, 0) is 12.8 Å². The summed E-state index contributed by atoms with van der Waals surface area (Å²) >= 11 is 1.45. The lowest BCUT2D eigenvalue weighted by Gasteiger charge is -2.30. The van der Waals surface area contributed by atoms with Crippen LogP contribution in [0.2, 0.25) is 0 Å². The first kappa shape index (κ1) is 17.6. The molecule has 28 heavy (non-hydrogen) atoms. The lowest BCUT2D eigenvalue weighted by atomic mass is 9.91. The Hall–Kier alpha value is -2.51. The zero-order chi connectivity index (χ0) is 18.9. The molecule has 1 saturated heterocycles. The number of aryl methyl sites for hydroxylation is 1. The molecule has 1 atom stereocenters. The van der Waals surface area contributed by atoms with E-state index >= 15 is 0 Å². The number of pyridine rings is 2. The Balaban J connectivity index is 1.27. The number of carbonyl (C=O) groups excluding carboxylic acids is 1. The summed E-state index contributed by atoms with van der Waals surface area (Å²) in [6.07, 6.45) is 4.45. The molecule has 2 N–H and O–H groups in total. The molecule has 144 valence electrons. The van der Waals surface area contributed by atoms with Crippen LogP contribution in [0.5, 0.6) is 0 Å². The van der Waals surface area contributed by atoms with E-state index in [2.05, 4.69) is 32.7 Å². The molecule has 1 amide bonds. The van der Waals surface area contributed by atoms with Crippen molar-refractivity contribution in [1.82, 2.24) is 20.6 Å². The van der Waals surface area contributed by atoms with Crippen molar-refractivity contribution in [2.45, 2.75) is 25.3 Å². The van der Waals surface area contributed by atoms with E-state index in [9.17, 15) is 4.79 Å². The highest BCUT2D eigenvalue weighted by Gasteiger charge is 2.23. The molecule has 3 aromatic heterocycles. The minimum Gasteiger partial charge on any atom is -0.354 e. The van der Waals surface area contributed by atoms with Gasteiger partial charge >= 0.3 is 0 Å². The van der Waals surface area contributed by atoms with Crippen molar-refractivity contribution in [3.63, 3.8) is 0 Å². The Morgan fingerprint density at radius 1 is 1.25 bits per heavy atom. The number of amides is 1. The lowest BCUT2D eigenvalue weighted by molar-refractivity contribution is 0.0937. The van der Waals surface area contributed by atoms with E-state index in [1.165, 1.54) is 22.6 Å². The van der Waals surface area contributed by atoms with Crippen LogP contribution < -0.4 is 15.5 Å². The number of piperazine rings is 1. The molecule has 6 nitrogen and oxygen atoms in total. The average Bonchev–Trinajstić information content (AvgIpc) is 3.18. The maximum absolute atomic E-state index is 12.7. The molecule has 0 radical (unpaired) electrons.